The van der Waals surface area contributed by atoms with Gasteiger partial charge in [0.15, 0.2) is 11.5 Å². The summed E-state index contributed by atoms with van der Waals surface area (Å²) in [4.78, 5) is 29.1. The Hall–Kier alpha value is -3.32. The molecule has 0 saturated carbocycles. The summed E-state index contributed by atoms with van der Waals surface area (Å²) in [5.74, 6) is 0.369. The van der Waals surface area contributed by atoms with Crippen LogP contribution in [0.3, 0.4) is 0 Å². The highest BCUT2D eigenvalue weighted by Gasteiger charge is 2.24. The van der Waals surface area contributed by atoms with E-state index in [9.17, 15) is 9.59 Å². The van der Waals surface area contributed by atoms with E-state index < -0.39 is 0 Å². The molecule has 6 nitrogen and oxygen atoms in total. The van der Waals surface area contributed by atoms with Gasteiger partial charge in [-0.25, -0.2) is 0 Å². The molecule has 1 aliphatic carbocycles. The van der Waals surface area contributed by atoms with Crippen molar-refractivity contribution >= 4 is 28.8 Å². The molecule has 0 fully saturated rings. The van der Waals surface area contributed by atoms with Gasteiger partial charge in [0.1, 0.15) is 0 Å². The van der Waals surface area contributed by atoms with E-state index in [1.807, 2.05) is 18.2 Å². The Balaban J connectivity index is 1.70. The van der Waals surface area contributed by atoms with Gasteiger partial charge in [-0.15, -0.1) is 11.3 Å². The van der Waals surface area contributed by atoms with Crippen molar-refractivity contribution in [1.82, 2.24) is 4.90 Å². The van der Waals surface area contributed by atoms with E-state index in [-0.39, 0.29) is 11.8 Å². The largest absolute Gasteiger partial charge is 0.493 e. The normalized spacial score (nSPS) is 11.9. The monoisotopic (exact) mass is 436 g/mol. The van der Waals surface area contributed by atoms with Gasteiger partial charge in [-0.1, -0.05) is 24.3 Å². The van der Waals surface area contributed by atoms with Crippen LogP contribution in [0, 0.1) is 0 Å². The van der Waals surface area contributed by atoms with Crippen LogP contribution in [0.2, 0.25) is 0 Å². The summed E-state index contributed by atoms with van der Waals surface area (Å²) in [6.45, 7) is 0. The minimum atomic E-state index is -0.253. The van der Waals surface area contributed by atoms with Gasteiger partial charge in [0.05, 0.1) is 30.3 Å². The predicted molar refractivity (Wildman–Crippen MR) is 123 cm³/mol. The number of nitrogens with zero attached hydrogens (tertiary/aromatic N) is 1. The van der Waals surface area contributed by atoms with Crippen molar-refractivity contribution in [3.8, 4) is 21.9 Å². The summed E-state index contributed by atoms with van der Waals surface area (Å²) in [5.41, 5.74) is 4.41. The maximum atomic E-state index is 13.1. The van der Waals surface area contributed by atoms with Crippen LogP contribution in [0.1, 0.15) is 31.2 Å². The fourth-order valence-electron chi connectivity index (χ4n) is 3.77. The lowest BCUT2D eigenvalue weighted by atomic mass is 9.91. The Bertz CT molecular complexity index is 1170. The number of carbonyl (C=O) groups excluding carboxylic acids is 2. The van der Waals surface area contributed by atoms with Gasteiger partial charge in [0.25, 0.3) is 11.8 Å². The molecular weight excluding hydrogens is 412 g/mol. The van der Waals surface area contributed by atoms with Crippen molar-refractivity contribution < 1.29 is 19.1 Å². The molecule has 1 aromatic heterocycles. The predicted octanol–water partition coefficient (Wildman–Crippen LogP) is 4.49. The van der Waals surface area contributed by atoms with Gasteiger partial charge in [-0.05, 0) is 41.7 Å². The molecule has 2 aromatic carbocycles. The Morgan fingerprint density at radius 2 is 1.65 bits per heavy atom. The maximum Gasteiger partial charge on any atom is 0.265 e. The first kappa shape index (κ1) is 20.9. The number of carbonyl (C=O) groups is 2. The zero-order chi connectivity index (χ0) is 22.1. The van der Waals surface area contributed by atoms with Crippen LogP contribution in [0.5, 0.6) is 11.5 Å². The summed E-state index contributed by atoms with van der Waals surface area (Å²) < 4.78 is 10.7. The number of rotatable bonds is 5. The van der Waals surface area contributed by atoms with E-state index in [2.05, 4.69) is 17.4 Å². The second kappa shape index (κ2) is 8.43. The topological polar surface area (TPSA) is 67.9 Å². The molecule has 0 radical (unpaired) electrons. The molecule has 0 spiro atoms. The van der Waals surface area contributed by atoms with E-state index in [1.54, 1.807) is 26.2 Å². The van der Waals surface area contributed by atoms with Crippen molar-refractivity contribution in [2.75, 3.05) is 33.6 Å². The van der Waals surface area contributed by atoms with Gasteiger partial charge in [0.2, 0.25) is 0 Å². The van der Waals surface area contributed by atoms with Gasteiger partial charge in [0, 0.05) is 25.0 Å². The van der Waals surface area contributed by atoms with Crippen molar-refractivity contribution in [3.05, 3.63) is 64.0 Å². The van der Waals surface area contributed by atoms with Crippen LogP contribution in [0.15, 0.2) is 42.5 Å². The van der Waals surface area contributed by atoms with Gasteiger partial charge in [-0.2, -0.15) is 0 Å². The fraction of sp³-hybridized carbons (Fsp3) is 0.250. The average molecular weight is 437 g/mol. The molecule has 3 aromatic rings. The standard InChI is InChI=1S/C24H24N2O4S/c1-26(2)24(28)17-12-19(29-3)20(30-4)13-18(17)25-23(27)21-11-15-10-9-14-7-5-6-8-16(14)22(15)31-21/h5-8,11-13H,9-10H2,1-4H3,(H,25,27). The van der Waals surface area contributed by atoms with Crippen molar-refractivity contribution in [2.24, 2.45) is 0 Å². The minimum absolute atomic E-state index is 0.240. The van der Waals surface area contributed by atoms with Crippen LogP contribution in [-0.2, 0) is 12.8 Å². The summed E-state index contributed by atoms with van der Waals surface area (Å²) >= 11 is 1.48. The first-order valence-corrected chi connectivity index (χ1v) is 10.7. The summed E-state index contributed by atoms with van der Waals surface area (Å²) in [6.07, 6.45) is 1.88. The Morgan fingerprint density at radius 3 is 2.35 bits per heavy atom. The zero-order valence-electron chi connectivity index (χ0n) is 17.9. The third-order valence-electron chi connectivity index (χ3n) is 5.37. The molecular formula is C24H24N2O4S. The lowest BCUT2D eigenvalue weighted by Gasteiger charge is -2.17. The third-order valence-corrected chi connectivity index (χ3v) is 6.58. The second-order valence-corrected chi connectivity index (χ2v) is 8.58. The SMILES string of the molecule is COc1cc(NC(=O)c2cc3c(s2)-c2ccccc2CC3)c(C(=O)N(C)C)cc1OC. The second-order valence-electron chi connectivity index (χ2n) is 7.53. The van der Waals surface area contributed by atoms with E-state index in [4.69, 9.17) is 9.47 Å². The molecule has 0 saturated heterocycles. The van der Waals surface area contributed by atoms with Crippen LogP contribution in [0.4, 0.5) is 5.69 Å². The molecule has 1 N–H and O–H groups in total. The Labute approximate surface area is 185 Å². The van der Waals surface area contributed by atoms with Crippen molar-refractivity contribution in [1.29, 1.82) is 0 Å². The quantitative estimate of drug-likeness (QED) is 0.640. The Kier molecular flexibility index (Phi) is 5.69. The van der Waals surface area contributed by atoms with E-state index in [0.29, 0.717) is 27.6 Å². The van der Waals surface area contributed by atoms with E-state index >= 15 is 0 Å². The molecule has 160 valence electrons. The van der Waals surface area contributed by atoms with Crippen LogP contribution >= 0.6 is 11.3 Å². The number of methoxy groups -OCH3 is 2. The molecule has 0 atom stereocenters. The van der Waals surface area contributed by atoms with Gasteiger partial charge in [-0.3, -0.25) is 9.59 Å². The molecule has 0 bridgehead atoms. The number of fused-ring (bicyclic) bond motifs is 3. The molecule has 0 aliphatic heterocycles. The minimum Gasteiger partial charge on any atom is -0.493 e. The molecule has 4 rings (SSSR count). The molecule has 0 unspecified atom stereocenters. The summed E-state index contributed by atoms with van der Waals surface area (Å²) in [5, 5.41) is 2.91. The number of benzene rings is 2. The highest BCUT2D eigenvalue weighted by Crippen LogP contribution is 2.40. The number of aryl methyl sites for hydroxylation is 2. The third kappa shape index (κ3) is 3.88. The number of ether oxygens (including phenoxy) is 2. The van der Waals surface area contributed by atoms with Crippen molar-refractivity contribution in [3.63, 3.8) is 0 Å². The van der Waals surface area contributed by atoms with E-state index in [1.165, 1.54) is 47.1 Å². The lowest BCUT2D eigenvalue weighted by molar-refractivity contribution is 0.0828. The molecule has 7 heteroatoms. The van der Waals surface area contributed by atoms with Crippen molar-refractivity contribution in [2.45, 2.75) is 12.8 Å². The highest BCUT2D eigenvalue weighted by molar-refractivity contribution is 7.17. The number of amides is 2. The zero-order valence-corrected chi connectivity index (χ0v) is 18.8. The van der Waals surface area contributed by atoms with E-state index in [0.717, 1.165) is 17.7 Å². The van der Waals surface area contributed by atoms with Crippen LogP contribution < -0.4 is 14.8 Å². The number of thiophene rings is 1. The first-order chi connectivity index (χ1) is 14.9. The number of hydrogen-bond acceptors (Lipinski definition) is 5. The summed E-state index contributed by atoms with van der Waals surface area (Å²) in [6, 6.07) is 13.5. The average Bonchev–Trinajstić information content (AvgIpc) is 3.23. The first-order valence-electron chi connectivity index (χ1n) is 9.93. The lowest BCUT2D eigenvalue weighted by Crippen LogP contribution is -2.24. The number of hydrogen-bond donors (Lipinski definition) is 1. The highest BCUT2D eigenvalue weighted by atomic mass is 32.1. The van der Waals surface area contributed by atoms with Crippen LogP contribution in [0.25, 0.3) is 10.4 Å². The molecule has 31 heavy (non-hydrogen) atoms. The fourth-order valence-corrected chi connectivity index (χ4v) is 4.93. The summed E-state index contributed by atoms with van der Waals surface area (Å²) in [7, 11) is 6.35. The van der Waals surface area contributed by atoms with Gasteiger partial charge < -0.3 is 19.7 Å². The number of nitrogens with one attached hydrogen (secondary N) is 1. The molecule has 1 aliphatic rings. The smallest absolute Gasteiger partial charge is 0.265 e. The number of anilines is 1. The van der Waals surface area contributed by atoms with Gasteiger partial charge >= 0.3 is 0 Å². The molecule has 1 heterocycles. The molecule has 2 amide bonds. The Morgan fingerprint density at radius 1 is 0.968 bits per heavy atom. The maximum absolute atomic E-state index is 13.1. The van der Waals surface area contributed by atoms with Crippen LogP contribution in [-0.4, -0.2) is 45.0 Å².